The van der Waals surface area contributed by atoms with Crippen molar-refractivity contribution in [3.05, 3.63) is 0 Å². The Kier molecular flexibility index (Phi) is 2.13. The lowest BCUT2D eigenvalue weighted by molar-refractivity contribution is 0.0165. The topological polar surface area (TPSA) is 23.5 Å². The van der Waals surface area contributed by atoms with Gasteiger partial charge in [0.15, 0.2) is 0 Å². The van der Waals surface area contributed by atoms with Gasteiger partial charge in [-0.1, -0.05) is 6.42 Å². The van der Waals surface area contributed by atoms with Crippen LogP contribution in [-0.4, -0.2) is 34.7 Å². The molecule has 2 rings (SSSR count). The molecule has 1 heterocycles. The first-order valence-corrected chi connectivity index (χ1v) is 5.14. The number of aliphatic hydroxyl groups is 1. The molecule has 0 aromatic rings. The molecule has 1 N–H and O–H groups in total. The largest absolute Gasteiger partial charge is 0.394 e. The molecule has 2 heteroatoms. The van der Waals surface area contributed by atoms with E-state index in [2.05, 4.69) is 11.8 Å². The summed E-state index contributed by atoms with van der Waals surface area (Å²) in [5.41, 5.74) is 0.116. The molecule has 0 spiro atoms. The maximum absolute atomic E-state index is 9.32. The van der Waals surface area contributed by atoms with Gasteiger partial charge in [-0.3, -0.25) is 4.90 Å². The average molecular weight is 169 g/mol. The standard InChI is InChI=1S/C10H19NO/c1-10(8-12)6-3-7-11(10)9-4-2-5-9/h9,12H,2-8H2,1H3/t10-/m1/s1. The molecule has 0 aromatic carbocycles. The minimum absolute atomic E-state index is 0.116. The minimum atomic E-state index is 0.116. The van der Waals surface area contributed by atoms with Crippen molar-refractivity contribution >= 4 is 0 Å². The number of aliphatic hydroxyl groups excluding tert-OH is 1. The van der Waals surface area contributed by atoms with Gasteiger partial charge in [-0.05, 0) is 39.2 Å². The van der Waals surface area contributed by atoms with E-state index in [0.29, 0.717) is 6.61 Å². The molecule has 0 unspecified atom stereocenters. The summed E-state index contributed by atoms with van der Waals surface area (Å²) in [6, 6.07) is 0.796. The summed E-state index contributed by atoms with van der Waals surface area (Å²) >= 11 is 0. The van der Waals surface area contributed by atoms with E-state index in [0.717, 1.165) is 6.04 Å². The quantitative estimate of drug-likeness (QED) is 0.675. The third-order valence-corrected chi connectivity index (χ3v) is 3.66. The second-order valence-electron chi connectivity index (χ2n) is 4.54. The molecule has 0 aromatic heterocycles. The molecule has 2 fully saturated rings. The maximum Gasteiger partial charge on any atom is 0.0612 e. The van der Waals surface area contributed by atoms with Crippen LogP contribution in [0.25, 0.3) is 0 Å². The predicted molar refractivity (Wildman–Crippen MR) is 49.1 cm³/mol. The van der Waals surface area contributed by atoms with Crippen LogP contribution in [0.5, 0.6) is 0 Å². The van der Waals surface area contributed by atoms with Crippen LogP contribution in [0.15, 0.2) is 0 Å². The van der Waals surface area contributed by atoms with Crippen LogP contribution < -0.4 is 0 Å². The summed E-state index contributed by atoms with van der Waals surface area (Å²) in [4.78, 5) is 2.54. The normalized spacial score (nSPS) is 38.5. The van der Waals surface area contributed by atoms with E-state index >= 15 is 0 Å². The fourth-order valence-electron chi connectivity index (χ4n) is 2.54. The molecular formula is C10H19NO. The van der Waals surface area contributed by atoms with Crippen LogP contribution >= 0.6 is 0 Å². The van der Waals surface area contributed by atoms with Gasteiger partial charge in [0.2, 0.25) is 0 Å². The number of rotatable bonds is 2. The Morgan fingerprint density at radius 1 is 1.42 bits per heavy atom. The Balaban J connectivity index is 2.02. The fraction of sp³-hybridized carbons (Fsp3) is 1.00. The summed E-state index contributed by atoms with van der Waals surface area (Å²) in [6.45, 7) is 3.75. The zero-order valence-electron chi connectivity index (χ0n) is 7.92. The van der Waals surface area contributed by atoms with Gasteiger partial charge in [-0.15, -0.1) is 0 Å². The summed E-state index contributed by atoms with van der Waals surface area (Å²) in [5, 5.41) is 9.32. The Morgan fingerprint density at radius 3 is 2.67 bits per heavy atom. The maximum atomic E-state index is 9.32. The Hall–Kier alpha value is -0.0800. The van der Waals surface area contributed by atoms with Gasteiger partial charge < -0.3 is 5.11 Å². The Bertz CT molecular complexity index is 167. The van der Waals surface area contributed by atoms with Crippen molar-refractivity contribution in [3.63, 3.8) is 0 Å². The van der Waals surface area contributed by atoms with Gasteiger partial charge in [0.1, 0.15) is 0 Å². The third-order valence-electron chi connectivity index (χ3n) is 3.66. The van der Waals surface area contributed by atoms with E-state index in [9.17, 15) is 5.11 Å². The van der Waals surface area contributed by atoms with Gasteiger partial charge in [-0.2, -0.15) is 0 Å². The van der Waals surface area contributed by atoms with Crippen molar-refractivity contribution in [2.24, 2.45) is 0 Å². The van der Waals surface area contributed by atoms with E-state index in [1.165, 1.54) is 38.6 Å². The highest BCUT2D eigenvalue weighted by Gasteiger charge is 2.41. The monoisotopic (exact) mass is 169 g/mol. The summed E-state index contributed by atoms with van der Waals surface area (Å²) in [7, 11) is 0. The van der Waals surface area contributed by atoms with Gasteiger partial charge in [-0.25, -0.2) is 0 Å². The van der Waals surface area contributed by atoms with E-state index < -0.39 is 0 Å². The average Bonchev–Trinajstić information content (AvgIpc) is 2.31. The van der Waals surface area contributed by atoms with Crippen LogP contribution in [0.2, 0.25) is 0 Å². The molecular weight excluding hydrogens is 150 g/mol. The second kappa shape index (κ2) is 3.00. The first kappa shape index (κ1) is 8.52. The minimum Gasteiger partial charge on any atom is -0.394 e. The van der Waals surface area contributed by atoms with Crippen LogP contribution in [-0.2, 0) is 0 Å². The molecule has 0 radical (unpaired) electrons. The number of likely N-dealkylation sites (tertiary alicyclic amines) is 1. The van der Waals surface area contributed by atoms with Crippen LogP contribution in [0, 0.1) is 0 Å². The van der Waals surface area contributed by atoms with Gasteiger partial charge >= 0.3 is 0 Å². The molecule has 1 atom stereocenters. The highest BCUT2D eigenvalue weighted by molar-refractivity contribution is 4.97. The summed E-state index contributed by atoms with van der Waals surface area (Å²) in [6.07, 6.45) is 6.56. The first-order valence-electron chi connectivity index (χ1n) is 5.14. The molecule has 0 amide bonds. The van der Waals surface area contributed by atoms with Crippen molar-refractivity contribution in [1.82, 2.24) is 4.90 Å². The second-order valence-corrected chi connectivity index (χ2v) is 4.54. The third kappa shape index (κ3) is 1.17. The zero-order valence-corrected chi connectivity index (χ0v) is 7.92. The fourth-order valence-corrected chi connectivity index (χ4v) is 2.54. The molecule has 2 nitrogen and oxygen atoms in total. The molecule has 2 aliphatic rings. The van der Waals surface area contributed by atoms with Crippen molar-refractivity contribution < 1.29 is 5.11 Å². The lowest BCUT2D eigenvalue weighted by Crippen LogP contribution is -2.52. The van der Waals surface area contributed by atoms with Crippen LogP contribution in [0.4, 0.5) is 0 Å². The predicted octanol–water partition coefficient (Wildman–Crippen LogP) is 1.39. The molecule has 0 bridgehead atoms. The lowest BCUT2D eigenvalue weighted by atomic mass is 9.88. The zero-order chi connectivity index (χ0) is 8.60. The number of hydrogen-bond acceptors (Lipinski definition) is 2. The van der Waals surface area contributed by atoms with E-state index in [1.54, 1.807) is 0 Å². The molecule has 12 heavy (non-hydrogen) atoms. The SMILES string of the molecule is C[C@]1(CO)CCCN1C1CCC1. The number of nitrogens with zero attached hydrogens (tertiary/aromatic N) is 1. The highest BCUT2D eigenvalue weighted by atomic mass is 16.3. The van der Waals surface area contributed by atoms with Crippen LogP contribution in [0.1, 0.15) is 39.0 Å². The lowest BCUT2D eigenvalue weighted by Gasteiger charge is -2.43. The molecule has 1 saturated carbocycles. The summed E-state index contributed by atoms with van der Waals surface area (Å²) in [5.74, 6) is 0. The Morgan fingerprint density at radius 2 is 2.17 bits per heavy atom. The van der Waals surface area contributed by atoms with Gasteiger partial charge in [0.25, 0.3) is 0 Å². The Labute approximate surface area is 74.6 Å². The first-order chi connectivity index (χ1) is 5.76. The van der Waals surface area contributed by atoms with Crippen LogP contribution in [0.3, 0.4) is 0 Å². The molecule has 1 aliphatic heterocycles. The van der Waals surface area contributed by atoms with Gasteiger partial charge in [0, 0.05) is 11.6 Å². The smallest absolute Gasteiger partial charge is 0.0612 e. The van der Waals surface area contributed by atoms with E-state index in [1.807, 2.05) is 0 Å². The molecule has 1 aliphatic carbocycles. The van der Waals surface area contributed by atoms with Crippen molar-refractivity contribution in [1.29, 1.82) is 0 Å². The van der Waals surface area contributed by atoms with Crippen molar-refractivity contribution in [2.45, 2.75) is 50.6 Å². The molecule has 70 valence electrons. The molecule has 1 saturated heterocycles. The van der Waals surface area contributed by atoms with E-state index in [4.69, 9.17) is 0 Å². The van der Waals surface area contributed by atoms with Crippen molar-refractivity contribution in [3.8, 4) is 0 Å². The number of hydrogen-bond donors (Lipinski definition) is 1. The van der Waals surface area contributed by atoms with Gasteiger partial charge in [0.05, 0.1) is 6.61 Å². The highest BCUT2D eigenvalue weighted by Crippen LogP contribution is 2.37. The van der Waals surface area contributed by atoms with E-state index in [-0.39, 0.29) is 5.54 Å². The van der Waals surface area contributed by atoms with Crippen molar-refractivity contribution in [2.75, 3.05) is 13.2 Å². The summed E-state index contributed by atoms with van der Waals surface area (Å²) < 4.78 is 0.